The summed E-state index contributed by atoms with van der Waals surface area (Å²) in [5.41, 5.74) is 0. The number of aliphatic hydroxyl groups excluding tert-OH is 3. The van der Waals surface area contributed by atoms with Crippen LogP contribution in [0.3, 0.4) is 0 Å². The fourth-order valence-corrected chi connectivity index (χ4v) is 7.07. The summed E-state index contributed by atoms with van der Waals surface area (Å²) in [7, 11) is 0. The second-order valence-electron chi connectivity index (χ2n) is 17.7. The average molecular weight is 948 g/mol. The third-order valence-electron chi connectivity index (χ3n) is 11.2. The Kier molecular flexibility index (Phi) is 63.3. The molecule has 1 radical (unpaired) electrons. The van der Waals surface area contributed by atoms with Gasteiger partial charge < -0.3 is 45.0 Å². The number of rotatable bonds is 45. The molecule has 377 valence electrons. The van der Waals surface area contributed by atoms with Gasteiger partial charge in [0.05, 0.1) is 18.3 Å². The van der Waals surface area contributed by atoms with Crippen molar-refractivity contribution in [2.45, 2.75) is 289 Å². The molecular formula is C54H99FeO9. The number of hydrogen-bond donors (Lipinski definition) is 3. The number of unbranched alkanes of at least 4 members (excludes halogenated alkanes) is 24. The summed E-state index contributed by atoms with van der Waals surface area (Å²) < 4.78 is 0. The topological polar surface area (TPSA) is 181 Å². The van der Waals surface area contributed by atoms with Crippen molar-refractivity contribution in [1.29, 1.82) is 0 Å². The van der Waals surface area contributed by atoms with Gasteiger partial charge in [-0.05, 0) is 116 Å². The maximum absolute atomic E-state index is 10.2. The molecule has 0 unspecified atom stereocenters. The molecule has 0 aromatic carbocycles. The van der Waals surface area contributed by atoms with Crippen molar-refractivity contribution in [3.05, 3.63) is 36.5 Å². The number of carboxylic acid groups (broad SMARTS) is 3. The van der Waals surface area contributed by atoms with E-state index in [1.807, 2.05) is 0 Å². The summed E-state index contributed by atoms with van der Waals surface area (Å²) in [5.74, 6) is -2.82. The summed E-state index contributed by atoms with van der Waals surface area (Å²) in [5, 5.41) is 60.0. The van der Waals surface area contributed by atoms with Crippen molar-refractivity contribution in [3.8, 4) is 0 Å². The normalized spacial score (nSPS) is 12.7. The van der Waals surface area contributed by atoms with E-state index < -0.39 is 17.9 Å². The molecule has 0 aliphatic rings. The van der Waals surface area contributed by atoms with Gasteiger partial charge in [0.1, 0.15) is 0 Å². The first-order valence-corrected chi connectivity index (χ1v) is 26.1. The van der Waals surface area contributed by atoms with Crippen LogP contribution in [-0.4, -0.2) is 51.5 Å². The number of carbonyl (C=O) groups excluding carboxylic acids is 3. The molecule has 0 spiro atoms. The van der Waals surface area contributed by atoms with Gasteiger partial charge in [-0.3, -0.25) is 0 Å². The maximum atomic E-state index is 10.2. The zero-order chi connectivity index (χ0) is 47.3. The van der Waals surface area contributed by atoms with E-state index in [1.54, 1.807) is 0 Å². The van der Waals surface area contributed by atoms with Crippen molar-refractivity contribution in [2.24, 2.45) is 0 Å². The van der Waals surface area contributed by atoms with Crippen molar-refractivity contribution in [2.75, 3.05) is 0 Å². The Balaban J connectivity index is -0.000000419. The van der Waals surface area contributed by atoms with Crippen LogP contribution in [0.15, 0.2) is 36.5 Å². The van der Waals surface area contributed by atoms with Gasteiger partial charge in [-0.15, -0.1) is 0 Å². The van der Waals surface area contributed by atoms with Gasteiger partial charge in [0, 0.05) is 17.9 Å². The molecule has 0 aliphatic heterocycles. The molecule has 0 saturated heterocycles. The molecular weight excluding hydrogens is 848 g/mol. The van der Waals surface area contributed by atoms with Crippen LogP contribution in [0, 0.1) is 0 Å². The van der Waals surface area contributed by atoms with Crippen molar-refractivity contribution < 1.29 is 62.1 Å². The van der Waals surface area contributed by atoms with Crippen LogP contribution in [-0.2, 0) is 31.5 Å². The van der Waals surface area contributed by atoms with Crippen molar-refractivity contribution >= 4 is 17.9 Å². The number of hydrogen-bond acceptors (Lipinski definition) is 9. The van der Waals surface area contributed by atoms with Gasteiger partial charge in [-0.2, -0.15) is 0 Å². The van der Waals surface area contributed by atoms with Gasteiger partial charge in [0.2, 0.25) is 0 Å². The molecule has 64 heavy (non-hydrogen) atoms. The number of aliphatic carboxylic acids is 3. The first-order chi connectivity index (χ1) is 30.5. The van der Waals surface area contributed by atoms with Crippen molar-refractivity contribution in [1.82, 2.24) is 0 Å². The number of carbonyl (C=O) groups is 3. The van der Waals surface area contributed by atoms with E-state index in [9.17, 15) is 45.0 Å². The molecule has 9 nitrogen and oxygen atoms in total. The summed E-state index contributed by atoms with van der Waals surface area (Å²) in [6.07, 6.45) is 51.0. The third-order valence-corrected chi connectivity index (χ3v) is 11.2. The second-order valence-corrected chi connectivity index (χ2v) is 17.7. The molecule has 0 bridgehead atoms. The number of carboxylic acids is 3. The van der Waals surface area contributed by atoms with Gasteiger partial charge in [0.15, 0.2) is 0 Å². The van der Waals surface area contributed by atoms with Crippen LogP contribution >= 0.6 is 0 Å². The largest absolute Gasteiger partial charge is 3.00 e. The summed E-state index contributed by atoms with van der Waals surface area (Å²) >= 11 is 0. The Morgan fingerprint density at radius 3 is 0.797 bits per heavy atom. The smallest absolute Gasteiger partial charge is 0.550 e. The van der Waals surface area contributed by atoms with Crippen LogP contribution in [0.25, 0.3) is 0 Å². The fraction of sp³-hybridized carbons (Fsp3) is 0.833. The molecule has 3 N–H and O–H groups in total. The van der Waals surface area contributed by atoms with E-state index in [-0.39, 0.29) is 54.6 Å². The first-order valence-electron chi connectivity index (χ1n) is 26.1. The Hall–Kier alpha value is -1.97. The van der Waals surface area contributed by atoms with E-state index in [4.69, 9.17) is 0 Å². The monoisotopic (exact) mass is 948 g/mol. The maximum Gasteiger partial charge on any atom is 3.00 e. The first kappa shape index (κ1) is 68.6. The second kappa shape index (κ2) is 59.0. The van der Waals surface area contributed by atoms with E-state index >= 15 is 0 Å². The third kappa shape index (κ3) is 69.1. The molecule has 3 atom stereocenters. The van der Waals surface area contributed by atoms with Crippen LogP contribution in [0.4, 0.5) is 0 Å². The molecule has 0 saturated carbocycles. The van der Waals surface area contributed by atoms with Crippen LogP contribution in [0.1, 0.15) is 271 Å². The summed E-state index contributed by atoms with van der Waals surface area (Å²) in [4.78, 5) is 30.7. The van der Waals surface area contributed by atoms with E-state index in [2.05, 4.69) is 57.2 Å². The van der Waals surface area contributed by atoms with Crippen LogP contribution in [0.2, 0.25) is 0 Å². The Morgan fingerprint density at radius 1 is 0.344 bits per heavy atom. The summed E-state index contributed by atoms with van der Waals surface area (Å²) in [6.45, 7) is 6.59. The van der Waals surface area contributed by atoms with Gasteiger partial charge >= 0.3 is 17.1 Å². The predicted molar refractivity (Wildman–Crippen MR) is 258 cm³/mol. The summed E-state index contributed by atoms with van der Waals surface area (Å²) in [6, 6.07) is 0. The molecule has 0 fully saturated rings. The minimum atomic E-state index is -0.939. The van der Waals surface area contributed by atoms with E-state index in [0.717, 1.165) is 173 Å². The standard InChI is InChI=1S/3C18H34O3.Fe/c3*1-2-3-4-11-14-17(19)15-12-9-7-5-6-8-10-13-16-18(20)21;/h3*9,12,17,19H,2-8,10-11,13-16H2,1H3,(H,20,21);/q;;;+3/p-3/b3*12-9-;/t3*17-;/m111./s1. The van der Waals surface area contributed by atoms with Gasteiger partial charge in [-0.25, -0.2) is 0 Å². The van der Waals surface area contributed by atoms with E-state index in [0.29, 0.717) is 0 Å². The predicted octanol–water partition coefficient (Wildman–Crippen LogP) is 11.2. The molecule has 0 aromatic heterocycles. The zero-order valence-electron chi connectivity index (χ0n) is 41.4. The molecule has 0 heterocycles. The van der Waals surface area contributed by atoms with Crippen molar-refractivity contribution in [3.63, 3.8) is 0 Å². The van der Waals surface area contributed by atoms with Crippen LogP contribution < -0.4 is 15.3 Å². The average Bonchev–Trinajstić information content (AvgIpc) is 3.24. The zero-order valence-corrected chi connectivity index (χ0v) is 42.5. The van der Waals surface area contributed by atoms with Gasteiger partial charge in [0.25, 0.3) is 0 Å². The van der Waals surface area contributed by atoms with Gasteiger partial charge in [-0.1, -0.05) is 192 Å². The fourth-order valence-electron chi connectivity index (χ4n) is 7.07. The Bertz CT molecular complexity index is 919. The number of aliphatic hydroxyl groups is 3. The Morgan fingerprint density at radius 2 is 0.562 bits per heavy atom. The molecule has 0 amide bonds. The van der Waals surface area contributed by atoms with Crippen LogP contribution in [0.5, 0.6) is 0 Å². The minimum Gasteiger partial charge on any atom is -0.550 e. The van der Waals surface area contributed by atoms with E-state index in [1.165, 1.54) is 57.8 Å². The SMILES string of the molecule is CCCCCC[C@@H](O)C/C=C\CCCCCCCC(=O)[O-].CCCCCC[C@@H](O)C/C=C\CCCCCCCC(=O)[O-].CCCCCC[C@@H](O)C/C=C\CCCCCCCC(=O)[O-].[Fe+3]. The number of allylic oxidation sites excluding steroid dienone is 3. The molecule has 10 heteroatoms. The minimum absolute atomic E-state index is 0. The Labute approximate surface area is 404 Å². The molecule has 0 aromatic rings. The molecule has 0 aliphatic carbocycles. The molecule has 0 rings (SSSR count). The quantitative estimate of drug-likeness (QED) is 0.0304.